The lowest BCUT2D eigenvalue weighted by atomic mass is 10.2. The van der Waals surface area contributed by atoms with Gasteiger partial charge in [0.05, 0.1) is 13.3 Å². The zero-order chi connectivity index (χ0) is 17.5. The molecule has 2 aromatic carbocycles. The number of halogens is 1. The molecule has 0 aliphatic heterocycles. The van der Waals surface area contributed by atoms with E-state index < -0.39 is 0 Å². The summed E-state index contributed by atoms with van der Waals surface area (Å²) in [7, 11) is 1.64. The SMILES string of the molecule is COc1ccccc1CNc1nncc(NCc2ccc(F)cc2)n1. The normalized spacial score (nSPS) is 10.3. The minimum absolute atomic E-state index is 0.254. The molecule has 0 aliphatic carbocycles. The summed E-state index contributed by atoms with van der Waals surface area (Å²) >= 11 is 0. The van der Waals surface area contributed by atoms with Gasteiger partial charge in [0.25, 0.3) is 0 Å². The highest BCUT2D eigenvalue weighted by Crippen LogP contribution is 2.18. The maximum Gasteiger partial charge on any atom is 0.244 e. The van der Waals surface area contributed by atoms with Gasteiger partial charge in [-0.25, -0.2) is 4.39 Å². The Morgan fingerprint density at radius 2 is 1.80 bits per heavy atom. The van der Waals surface area contributed by atoms with Crippen LogP contribution in [0.15, 0.2) is 54.7 Å². The number of nitrogens with zero attached hydrogens (tertiary/aromatic N) is 3. The van der Waals surface area contributed by atoms with Gasteiger partial charge in [0.15, 0.2) is 5.82 Å². The van der Waals surface area contributed by atoms with Gasteiger partial charge in [0.2, 0.25) is 5.95 Å². The first-order valence-electron chi connectivity index (χ1n) is 7.78. The molecule has 0 aliphatic rings. The fraction of sp³-hybridized carbons (Fsp3) is 0.167. The minimum Gasteiger partial charge on any atom is -0.496 e. The average molecular weight is 339 g/mol. The summed E-state index contributed by atoms with van der Waals surface area (Å²) in [6, 6.07) is 14.0. The third-order valence-electron chi connectivity index (χ3n) is 3.58. The van der Waals surface area contributed by atoms with Crippen LogP contribution in [0.5, 0.6) is 5.75 Å². The van der Waals surface area contributed by atoms with Gasteiger partial charge in [-0.05, 0) is 23.8 Å². The summed E-state index contributed by atoms with van der Waals surface area (Å²) < 4.78 is 18.2. The Labute approximate surface area is 145 Å². The first-order chi connectivity index (χ1) is 12.2. The molecule has 0 spiro atoms. The van der Waals surface area contributed by atoms with Crippen LogP contribution >= 0.6 is 0 Å². The van der Waals surface area contributed by atoms with Gasteiger partial charge < -0.3 is 15.4 Å². The molecule has 128 valence electrons. The van der Waals surface area contributed by atoms with Crippen LogP contribution in [0.4, 0.5) is 16.2 Å². The van der Waals surface area contributed by atoms with E-state index in [1.807, 2.05) is 24.3 Å². The number of aromatic nitrogens is 3. The lowest BCUT2D eigenvalue weighted by molar-refractivity contribution is 0.410. The lowest BCUT2D eigenvalue weighted by Gasteiger charge is -2.10. The highest BCUT2D eigenvalue weighted by Gasteiger charge is 2.04. The Kier molecular flexibility index (Phi) is 5.36. The van der Waals surface area contributed by atoms with Crippen molar-refractivity contribution in [3.8, 4) is 5.75 Å². The molecule has 7 heteroatoms. The number of hydrogen-bond donors (Lipinski definition) is 2. The topological polar surface area (TPSA) is 72.0 Å². The highest BCUT2D eigenvalue weighted by molar-refractivity contribution is 5.40. The molecule has 0 unspecified atom stereocenters. The largest absolute Gasteiger partial charge is 0.496 e. The lowest BCUT2D eigenvalue weighted by Crippen LogP contribution is -2.08. The number of ether oxygens (including phenoxy) is 1. The Morgan fingerprint density at radius 3 is 2.60 bits per heavy atom. The summed E-state index contributed by atoms with van der Waals surface area (Å²) in [6.45, 7) is 1.04. The van der Waals surface area contributed by atoms with Crippen molar-refractivity contribution in [3.05, 3.63) is 71.7 Å². The Morgan fingerprint density at radius 1 is 1.00 bits per heavy atom. The molecule has 3 rings (SSSR count). The fourth-order valence-electron chi connectivity index (χ4n) is 2.28. The molecule has 0 saturated carbocycles. The highest BCUT2D eigenvalue weighted by atomic mass is 19.1. The number of anilines is 2. The van der Waals surface area contributed by atoms with Crippen LogP contribution in [0, 0.1) is 5.82 Å². The molecule has 0 fully saturated rings. The van der Waals surface area contributed by atoms with E-state index in [1.165, 1.54) is 18.3 Å². The van der Waals surface area contributed by atoms with Gasteiger partial charge >= 0.3 is 0 Å². The van der Waals surface area contributed by atoms with Crippen LogP contribution in [-0.2, 0) is 13.1 Å². The van der Waals surface area contributed by atoms with Gasteiger partial charge in [-0.1, -0.05) is 30.3 Å². The van der Waals surface area contributed by atoms with Crippen molar-refractivity contribution in [2.75, 3.05) is 17.7 Å². The summed E-state index contributed by atoms with van der Waals surface area (Å²) in [5.41, 5.74) is 1.95. The van der Waals surface area contributed by atoms with E-state index in [0.29, 0.717) is 24.9 Å². The van der Waals surface area contributed by atoms with Crippen molar-refractivity contribution in [3.63, 3.8) is 0 Å². The van der Waals surface area contributed by atoms with Gasteiger partial charge in [0, 0.05) is 18.7 Å². The molecule has 0 radical (unpaired) electrons. The molecular weight excluding hydrogens is 321 g/mol. The Balaban J connectivity index is 1.60. The molecular formula is C18H18FN5O. The summed E-state index contributed by atoms with van der Waals surface area (Å²) in [5.74, 6) is 1.54. The quantitative estimate of drug-likeness (QED) is 0.688. The molecule has 3 aromatic rings. The number of para-hydroxylation sites is 1. The number of benzene rings is 2. The second-order valence-corrected chi connectivity index (χ2v) is 5.31. The molecule has 6 nitrogen and oxygen atoms in total. The molecule has 0 saturated heterocycles. The average Bonchev–Trinajstić information content (AvgIpc) is 2.66. The van der Waals surface area contributed by atoms with E-state index in [-0.39, 0.29) is 5.82 Å². The summed E-state index contributed by atoms with van der Waals surface area (Å²) in [5, 5.41) is 14.2. The molecule has 0 atom stereocenters. The molecule has 1 aromatic heterocycles. The van der Waals surface area contributed by atoms with Crippen molar-refractivity contribution >= 4 is 11.8 Å². The Hall–Kier alpha value is -3.22. The van der Waals surface area contributed by atoms with Crippen molar-refractivity contribution in [2.45, 2.75) is 13.1 Å². The van der Waals surface area contributed by atoms with Crippen LogP contribution < -0.4 is 15.4 Å². The number of methoxy groups -OCH3 is 1. The monoisotopic (exact) mass is 339 g/mol. The standard InChI is InChI=1S/C18H18FN5O/c1-25-16-5-3-2-4-14(16)11-21-18-23-17(12-22-24-18)20-10-13-6-8-15(19)9-7-13/h2-9,12H,10-11H2,1H3,(H2,20,21,23,24). The van der Waals surface area contributed by atoms with Crippen molar-refractivity contribution in [2.24, 2.45) is 0 Å². The zero-order valence-electron chi connectivity index (χ0n) is 13.7. The van der Waals surface area contributed by atoms with Crippen molar-refractivity contribution < 1.29 is 9.13 Å². The second kappa shape index (κ2) is 8.05. The molecule has 1 heterocycles. The van der Waals surface area contributed by atoms with E-state index in [2.05, 4.69) is 25.8 Å². The number of hydrogen-bond acceptors (Lipinski definition) is 6. The van der Waals surface area contributed by atoms with Crippen molar-refractivity contribution in [1.29, 1.82) is 0 Å². The second-order valence-electron chi connectivity index (χ2n) is 5.31. The molecule has 25 heavy (non-hydrogen) atoms. The number of rotatable bonds is 7. The van der Waals surface area contributed by atoms with Crippen molar-refractivity contribution in [1.82, 2.24) is 15.2 Å². The van der Waals surface area contributed by atoms with Gasteiger partial charge in [-0.15, -0.1) is 5.10 Å². The summed E-state index contributed by atoms with van der Waals surface area (Å²) in [6.07, 6.45) is 1.54. The van der Waals surface area contributed by atoms with E-state index in [4.69, 9.17) is 4.74 Å². The van der Waals surface area contributed by atoms with Gasteiger partial charge in [-0.2, -0.15) is 10.1 Å². The molecule has 0 bridgehead atoms. The number of nitrogens with one attached hydrogen (secondary N) is 2. The molecule has 0 amide bonds. The zero-order valence-corrected chi connectivity index (χ0v) is 13.7. The maximum atomic E-state index is 12.9. The predicted molar refractivity (Wildman–Crippen MR) is 93.9 cm³/mol. The van der Waals surface area contributed by atoms with E-state index in [1.54, 1.807) is 19.2 Å². The Bertz CT molecular complexity index is 826. The fourth-order valence-corrected chi connectivity index (χ4v) is 2.28. The van der Waals surface area contributed by atoms with Crippen LogP contribution in [0.3, 0.4) is 0 Å². The first-order valence-corrected chi connectivity index (χ1v) is 7.78. The van der Waals surface area contributed by atoms with Crippen LogP contribution in [-0.4, -0.2) is 22.3 Å². The smallest absolute Gasteiger partial charge is 0.244 e. The van der Waals surface area contributed by atoms with E-state index >= 15 is 0 Å². The predicted octanol–water partition coefficient (Wildman–Crippen LogP) is 3.24. The summed E-state index contributed by atoms with van der Waals surface area (Å²) in [4.78, 5) is 4.37. The third kappa shape index (κ3) is 4.63. The van der Waals surface area contributed by atoms with Crippen LogP contribution in [0.1, 0.15) is 11.1 Å². The first kappa shape index (κ1) is 16.6. The maximum absolute atomic E-state index is 12.9. The van der Waals surface area contributed by atoms with E-state index in [0.717, 1.165) is 16.9 Å². The molecule has 2 N–H and O–H groups in total. The van der Waals surface area contributed by atoms with E-state index in [9.17, 15) is 4.39 Å². The van der Waals surface area contributed by atoms with Gasteiger partial charge in [-0.3, -0.25) is 0 Å². The van der Waals surface area contributed by atoms with Crippen LogP contribution in [0.2, 0.25) is 0 Å². The van der Waals surface area contributed by atoms with Crippen LogP contribution in [0.25, 0.3) is 0 Å². The minimum atomic E-state index is -0.254. The van der Waals surface area contributed by atoms with Gasteiger partial charge in [0.1, 0.15) is 11.6 Å². The third-order valence-corrected chi connectivity index (χ3v) is 3.58.